The third-order valence-corrected chi connectivity index (χ3v) is 27.0. The van der Waals surface area contributed by atoms with E-state index in [2.05, 4.69) is 471 Å². The molecule has 21 aromatic carbocycles. The van der Waals surface area contributed by atoms with Crippen LogP contribution in [0.2, 0.25) is 0 Å². The molecule has 2 aromatic heterocycles. The van der Waals surface area contributed by atoms with Gasteiger partial charge in [-0.3, -0.25) is 0 Å². The topological polar surface area (TPSA) is 6.48 Å². The van der Waals surface area contributed by atoms with Gasteiger partial charge in [0, 0.05) is 74.1 Å². The van der Waals surface area contributed by atoms with Crippen LogP contribution in [-0.2, 0) is 0 Å². The Morgan fingerprint density at radius 1 is 0.131 bits per heavy atom. The summed E-state index contributed by atoms with van der Waals surface area (Å²) in [5.74, 6) is 0. The van der Waals surface area contributed by atoms with Crippen LogP contribution in [-0.4, -0.2) is 0 Å². The summed E-state index contributed by atoms with van der Waals surface area (Å²) in [6, 6.07) is 171. The second-order valence-electron chi connectivity index (χ2n) is 31.7. The van der Waals surface area contributed by atoms with Crippen molar-refractivity contribution in [3.8, 4) is 111 Å². The molecule has 23 aromatic rings. The van der Waals surface area contributed by atoms with E-state index in [1.807, 2.05) is 22.7 Å². The first-order valence-corrected chi connectivity index (χ1v) is 43.5. The van der Waals surface area contributed by atoms with E-state index >= 15 is 0 Å². The fraction of sp³-hybridized carbons (Fsp3) is 0. The van der Waals surface area contributed by atoms with Gasteiger partial charge in [0.2, 0.25) is 0 Å². The normalized spacial score (nSPS) is 11.6. The maximum atomic E-state index is 2.48. The van der Waals surface area contributed by atoms with Gasteiger partial charge in [-0.1, -0.05) is 376 Å². The van der Waals surface area contributed by atoms with E-state index in [1.54, 1.807) is 0 Å². The molecular formula is C118H76N2S2. The second kappa shape index (κ2) is 30.6. The molecule has 0 aliphatic heterocycles. The predicted molar refractivity (Wildman–Crippen MR) is 526 cm³/mol. The fourth-order valence-corrected chi connectivity index (χ4v) is 21.1. The number of anilines is 6. The molecule has 2 heterocycles. The highest BCUT2D eigenvalue weighted by molar-refractivity contribution is 7.26. The minimum absolute atomic E-state index is 1.07. The van der Waals surface area contributed by atoms with Gasteiger partial charge in [0.05, 0.1) is 17.1 Å². The third-order valence-electron chi connectivity index (χ3n) is 24.8. The molecule has 0 atom stereocenters. The third kappa shape index (κ3) is 12.9. The van der Waals surface area contributed by atoms with Gasteiger partial charge < -0.3 is 9.80 Å². The first-order valence-electron chi connectivity index (χ1n) is 41.8. The van der Waals surface area contributed by atoms with E-state index in [0.29, 0.717) is 0 Å². The standard InChI is InChI=1S/C118H76N2S2/c1-3-27-93-81(22-1)24-19-38-94(93)83-50-46-77(47-51-83)80-56-65-92(66-57-80)120(113-42-15-10-31-101(113)89-62-71-111-109-37-13-18-45-116(109)122-118(111)76-89)114-43-16-11-35-107(114)106-40-21-26-86-74-87(60-69-98(86)106)99-73-72-97(103-33-7-8-34-104(99)103)84-52-48-78(49-53-84)79-54-63-90(64-55-79)119(112-41-14-9-30-100(112)88-61-70-110-108-36-12-17-44-115(108)121-117(110)75-88)91-67-58-85(59-68-91)96-29-5-6-32-102(96)105-39-20-25-82-23-2-4-28-95(82)105/h1-76H. The lowest BCUT2D eigenvalue weighted by molar-refractivity contribution is 1.28. The summed E-state index contributed by atoms with van der Waals surface area (Å²) in [7, 11) is 0. The Labute approximate surface area is 716 Å². The molecule has 0 aliphatic rings. The number of benzene rings is 21. The van der Waals surface area contributed by atoms with Crippen molar-refractivity contribution in [2.45, 2.75) is 0 Å². The lowest BCUT2D eigenvalue weighted by Gasteiger charge is -2.30. The molecule has 0 saturated carbocycles. The smallest absolute Gasteiger partial charge is 0.0540 e. The number of hydrogen-bond donors (Lipinski definition) is 0. The van der Waals surface area contributed by atoms with Crippen LogP contribution in [0, 0.1) is 0 Å². The highest BCUT2D eigenvalue weighted by Gasteiger charge is 2.25. The Hall–Kier alpha value is -15.3. The quantitative estimate of drug-likeness (QED) is 0.0951. The first-order chi connectivity index (χ1) is 60.5. The molecule has 0 radical (unpaired) electrons. The number of hydrogen-bond acceptors (Lipinski definition) is 4. The van der Waals surface area contributed by atoms with Crippen LogP contribution in [0.15, 0.2) is 461 Å². The Morgan fingerprint density at radius 2 is 0.410 bits per heavy atom. The van der Waals surface area contributed by atoms with Crippen LogP contribution in [0.25, 0.3) is 195 Å². The van der Waals surface area contributed by atoms with E-state index in [-0.39, 0.29) is 0 Å². The summed E-state index contributed by atoms with van der Waals surface area (Å²) < 4.78 is 5.16. The Kier molecular flexibility index (Phi) is 18.0. The summed E-state index contributed by atoms with van der Waals surface area (Å²) in [5, 5.41) is 14.9. The zero-order valence-electron chi connectivity index (χ0n) is 66.6. The molecule has 0 unspecified atom stereocenters. The van der Waals surface area contributed by atoms with Crippen LogP contribution < -0.4 is 9.80 Å². The molecule has 122 heavy (non-hydrogen) atoms. The van der Waals surface area contributed by atoms with Crippen molar-refractivity contribution in [2.24, 2.45) is 0 Å². The van der Waals surface area contributed by atoms with Gasteiger partial charge in [0.15, 0.2) is 0 Å². The van der Waals surface area contributed by atoms with Gasteiger partial charge in [0.1, 0.15) is 0 Å². The number of para-hydroxylation sites is 3. The van der Waals surface area contributed by atoms with Crippen molar-refractivity contribution >= 4 is 140 Å². The van der Waals surface area contributed by atoms with Gasteiger partial charge in [-0.15, -0.1) is 22.7 Å². The summed E-state index contributed by atoms with van der Waals surface area (Å²) in [4.78, 5) is 4.91. The van der Waals surface area contributed by atoms with Gasteiger partial charge in [-0.25, -0.2) is 0 Å². The zero-order valence-corrected chi connectivity index (χ0v) is 68.2. The number of thiophene rings is 2. The van der Waals surface area contributed by atoms with Gasteiger partial charge >= 0.3 is 0 Å². The lowest BCUT2D eigenvalue weighted by atomic mass is 9.89. The van der Waals surface area contributed by atoms with Crippen molar-refractivity contribution in [3.05, 3.63) is 461 Å². The minimum atomic E-state index is 1.07. The van der Waals surface area contributed by atoms with Gasteiger partial charge in [-0.2, -0.15) is 0 Å². The Morgan fingerprint density at radius 3 is 0.926 bits per heavy atom. The molecule has 0 saturated heterocycles. The van der Waals surface area contributed by atoms with Gasteiger partial charge in [-0.05, 0) is 223 Å². The number of rotatable bonds is 16. The number of nitrogens with zero attached hydrogens (tertiary/aromatic N) is 2. The summed E-state index contributed by atoms with van der Waals surface area (Å²) in [6.45, 7) is 0. The van der Waals surface area contributed by atoms with E-state index in [4.69, 9.17) is 0 Å². The Balaban J connectivity index is 0.562. The zero-order chi connectivity index (χ0) is 80.6. The van der Waals surface area contributed by atoms with Crippen LogP contribution in [0.3, 0.4) is 0 Å². The molecule has 23 rings (SSSR count). The molecule has 570 valence electrons. The highest BCUT2D eigenvalue weighted by atomic mass is 32.1. The largest absolute Gasteiger partial charge is 0.310 e. The van der Waals surface area contributed by atoms with E-state index in [9.17, 15) is 0 Å². The van der Waals surface area contributed by atoms with Crippen LogP contribution in [0.5, 0.6) is 0 Å². The van der Waals surface area contributed by atoms with Gasteiger partial charge in [0.25, 0.3) is 0 Å². The Bertz CT molecular complexity index is 7980. The summed E-state index contributed by atoms with van der Waals surface area (Å²) >= 11 is 3.72. The average molecular weight is 1590 g/mol. The molecule has 0 aliphatic carbocycles. The molecule has 2 nitrogen and oxygen atoms in total. The van der Waals surface area contributed by atoms with E-state index < -0.39 is 0 Å². The molecular weight excluding hydrogens is 1510 g/mol. The highest BCUT2D eigenvalue weighted by Crippen LogP contribution is 2.51. The number of fused-ring (bicyclic) bond motifs is 10. The average Bonchev–Trinajstić information content (AvgIpc) is 0.991. The SMILES string of the molecule is c1ccc(-c2cccc3ccccc23)c(-c2ccc(N(c3ccc(-c4ccc(-c5ccc(-c6ccc7c(-c8ccccc8N(c8ccc(-c9ccc(-c%10cccc%11ccccc%10%11)cc9)cc8)c8ccccc8-c8ccc9c(c8)sc8ccccc89)cccc7c6)c6ccccc56)cc4)cc3)c3ccccc3-c3ccc4c(c3)sc3ccccc34)cc2)c1. The van der Waals surface area contributed by atoms with Crippen LogP contribution >= 0.6 is 22.7 Å². The molecule has 0 fully saturated rings. The van der Waals surface area contributed by atoms with Crippen LogP contribution in [0.1, 0.15) is 0 Å². The van der Waals surface area contributed by atoms with Crippen LogP contribution in [0.4, 0.5) is 34.1 Å². The summed E-state index contributed by atoms with van der Waals surface area (Å²) in [5.41, 5.74) is 30.1. The minimum Gasteiger partial charge on any atom is -0.310 e. The molecule has 4 heteroatoms. The molecule has 0 N–H and O–H groups in total. The lowest BCUT2D eigenvalue weighted by Crippen LogP contribution is -2.12. The molecule has 0 spiro atoms. The maximum Gasteiger partial charge on any atom is 0.0540 e. The van der Waals surface area contributed by atoms with Crippen molar-refractivity contribution in [1.82, 2.24) is 0 Å². The predicted octanol–water partition coefficient (Wildman–Crippen LogP) is 34.6. The first kappa shape index (κ1) is 72.0. The maximum absolute atomic E-state index is 2.48. The molecule has 0 amide bonds. The summed E-state index contributed by atoms with van der Waals surface area (Å²) in [6.07, 6.45) is 0. The fourth-order valence-electron chi connectivity index (χ4n) is 18.8. The second-order valence-corrected chi connectivity index (χ2v) is 33.9. The van der Waals surface area contributed by atoms with E-state index in [1.165, 1.54) is 156 Å². The van der Waals surface area contributed by atoms with E-state index in [0.717, 1.165) is 73.1 Å². The van der Waals surface area contributed by atoms with Crippen molar-refractivity contribution in [3.63, 3.8) is 0 Å². The van der Waals surface area contributed by atoms with Crippen molar-refractivity contribution < 1.29 is 0 Å². The monoisotopic (exact) mass is 1580 g/mol. The van der Waals surface area contributed by atoms with Crippen molar-refractivity contribution in [1.29, 1.82) is 0 Å². The molecule has 0 bridgehead atoms. The van der Waals surface area contributed by atoms with Crippen molar-refractivity contribution in [2.75, 3.05) is 9.80 Å².